The minimum Gasteiger partial charge on any atom is -0.462 e. The third kappa shape index (κ3) is 1.44. The Labute approximate surface area is 77.9 Å². The van der Waals surface area contributed by atoms with Crippen molar-refractivity contribution in [2.45, 2.75) is 26.2 Å². The summed E-state index contributed by atoms with van der Waals surface area (Å²) in [7, 11) is 0. The summed E-state index contributed by atoms with van der Waals surface area (Å²) >= 11 is 0. The van der Waals surface area contributed by atoms with E-state index in [1.165, 1.54) is 5.56 Å². The van der Waals surface area contributed by atoms with Crippen LogP contribution in [-0.2, 0) is 5.41 Å². The van der Waals surface area contributed by atoms with Gasteiger partial charge in [0.05, 0.1) is 12.5 Å². The molecule has 13 heavy (non-hydrogen) atoms. The van der Waals surface area contributed by atoms with Crippen molar-refractivity contribution >= 4 is 0 Å². The van der Waals surface area contributed by atoms with Crippen LogP contribution in [0.25, 0.3) is 11.3 Å². The minimum atomic E-state index is 0.134. The van der Waals surface area contributed by atoms with Crippen molar-refractivity contribution in [3.63, 3.8) is 0 Å². The van der Waals surface area contributed by atoms with E-state index >= 15 is 0 Å². The van der Waals surface area contributed by atoms with Crippen LogP contribution in [0.4, 0.5) is 0 Å². The largest absolute Gasteiger partial charge is 0.462 e. The molecule has 0 saturated heterocycles. The van der Waals surface area contributed by atoms with Crippen LogP contribution in [-0.4, -0.2) is 4.98 Å². The zero-order valence-corrected chi connectivity index (χ0v) is 8.16. The van der Waals surface area contributed by atoms with Crippen LogP contribution in [0.2, 0.25) is 0 Å². The molecule has 0 aliphatic carbocycles. The first kappa shape index (κ1) is 8.30. The summed E-state index contributed by atoms with van der Waals surface area (Å²) in [5.74, 6) is 0.855. The molecular formula is C11H13NO. The van der Waals surface area contributed by atoms with E-state index in [-0.39, 0.29) is 5.41 Å². The Hall–Kier alpha value is -1.31. The van der Waals surface area contributed by atoms with Gasteiger partial charge in [0, 0.05) is 11.8 Å². The molecule has 2 aliphatic heterocycles. The second-order valence-corrected chi connectivity index (χ2v) is 4.31. The summed E-state index contributed by atoms with van der Waals surface area (Å²) in [6.07, 6.45) is 5.37. The predicted molar refractivity (Wildman–Crippen MR) is 51.8 cm³/mol. The summed E-state index contributed by atoms with van der Waals surface area (Å²) in [4.78, 5) is 4.03. The Bertz CT molecular complexity index is 384. The smallest absolute Gasteiger partial charge is 0.153 e. The van der Waals surface area contributed by atoms with Gasteiger partial charge in [-0.3, -0.25) is 4.98 Å². The van der Waals surface area contributed by atoms with Crippen LogP contribution in [0.3, 0.4) is 0 Å². The summed E-state index contributed by atoms with van der Waals surface area (Å²) in [6, 6.07) is 2.13. The van der Waals surface area contributed by atoms with Gasteiger partial charge in [0.2, 0.25) is 0 Å². The molecule has 68 valence electrons. The quantitative estimate of drug-likeness (QED) is 0.615. The van der Waals surface area contributed by atoms with Gasteiger partial charge < -0.3 is 4.42 Å². The maximum absolute atomic E-state index is 5.45. The Morgan fingerprint density at radius 2 is 2.00 bits per heavy atom. The van der Waals surface area contributed by atoms with Gasteiger partial charge in [0.25, 0.3) is 0 Å². The Kier molecular flexibility index (Phi) is 1.65. The van der Waals surface area contributed by atoms with Gasteiger partial charge >= 0.3 is 0 Å². The van der Waals surface area contributed by atoms with Crippen LogP contribution in [0.1, 0.15) is 26.3 Å². The second-order valence-electron chi connectivity index (χ2n) is 4.31. The average Bonchev–Trinajstić information content (AvgIpc) is 2.47. The maximum atomic E-state index is 5.45. The van der Waals surface area contributed by atoms with Gasteiger partial charge in [0.15, 0.2) is 5.76 Å². The fourth-order valence-corrected chi connectivity index (χ4v) is 1.25. The van der Waals surface area contributed by atoms with Crippen LogP contribution < -0.4 is 0 Å². The number of nitrogens with zero attached hydrogens (tertiary/aromatic N) is 1. The summed E-state index contributed by atoms with van der Waals surface area (Å²) in [6.45, 7) is 6.50. The number of hydrogen-bond donors (Lipinski definition) is 0. The van der Waals surface area contributed by atoms with E-state index in [2.05, 4.69) is 31.8 Å². The normalized spacial score (nSPS) is 12.2. The monoisotopic (exact) mass is 175 g/mol. The molecule has 0 atom stereocenters. The van der Waals surface area contributed by atoms with Crippen molar-refractivity contribution in [3.05, 3.63) is 30.3 Å². The molecule has 0 aromatic rings. The summed E-state index contributed by atoms with van der Waals surface area (Å²) < 4.78 is 5.45. The van der Waals surface area contributed by atoms with Crippen molar-refractivity contribution < 1.29 is 4.42 Å². The molecule has 0 aromatic heterocycles. The molecular weight excluding hydrogens is 162 g/mol. The van der Waals surface area contributed by atoms with Gasteiger partial charge in [0.1, 0.15) is 0 Å². The highest BCUT2D eigenvalue weighted by Crippen LogP contribution is 2.29. The standard InChI is InChI=1S/C11H13NO/c1-11(2,3)9-4-8-5-12-6-10(8)13-7-9/h4-7H,1-3H3. The summed E-state index contributed by atoms with van der Waals surface area (Å²) in [5.41, 5.74) is 2.41. The lowest BCUT2D eigenvalue weighted by Crippen LogP contribution is -2.10. The molecule has 0 radical (unpaired) electrons. The molecule has 2 heteroatoms. The molecule has 0 saturated carbocycles. The fourth-order valence-electron chi connectivity index (χ4n) is 1.25. The minimum absolute atomic E-state index is 0.134. The van der Waals surface area contributed by atoms with E-state index in [9.17, 15) is 0 Å². The molecule has 0 unspecified atom stereocenters. The van der Waals surface area contributed by atoms with Crippen molar-refractivity contribution in [2.75, 3.05) is 0 Å². The lowest BCUT2D eigenvalue weighted by atomic mass is 9.88. The van der Waals surface area contributed by atoms with Crippen LogP contribution in [0.15, 0.2) is 29.1 Å². The third-order valence-electron chi connectivity index (χ3n) is 2.18. The van der Waals surface area contributed by atoms with Gasteiger partial charge in [-0.25, -0.2) is 0 Å². The molecule has 0 bridgehead atoms. The highest BCUT2D eigenvalue weighted by atomic mass is 16.3. The molecule has 0 amide bonds. The number of fused-ring (bicyclic) bond motifs is 1. The van der Waals surface area contributed by atoms with Gasteiger partial charge in [-0.1, -0.05) is 20.8 Å². The lowest BCUT2D eigenvalue weighted by molar-refractivity contribution is 0.514. The first-order valence-electron chi connectivity index (χ1n) is 4.40. The topological polar surface area (TPSA) is 26.0 Å². The molecule has 2 nitrogen and oxygen atoms in total. The van der Waals surface area contributed by atoms with Crippen molar-refractivity contribution in [1.82, 2.24) is 4.98 Å². The first-order chi connectivity index (χ1) is 6.07. The predicted octanol–water partition coefficient (Wildman–Crippen LogP) is 3.08. The molecule has 0 aromatic carbocycles. The van der Waals surface area contributed by atoms with E-state index in [0.29, 0.717) is 0 Å². The van der Waals surface area contributed by atoms with Crippen LogP contribution >= 0.6 is 0 Å². The van der Waals surface area contributed by atoms with Gasteiger partial charge in [-0.15, -0.1) is 0 Å². The Morgan fingerprint density at radius 1 is 1.23 bits per heavy atom. The fraction of sp³-hybridized carbons (Fsp3) is 0.364. The number of rotatable bonds is 0. The van der Waals surface area contributed by atoms with Gasteiger partial charge in [-0.05, 0) is 17.0 Å². The highest BCUT2D eigenvalue weighted by Gasteiger charge is 2.17. The SMILES string of the molecule is CC(C)(C)c1coc2cncc-2c1. The van der Waals surface area contributed by atoms with E-state index in [0.717, 1.165) is 11.3 Å². The van der Waals surface area contributed by atoms with E-state index in [4.69, 9.17) is 4.42 Å². The van der Waals surface area contributed by atoms with Crippen LogP contribution in [0, 0.1) is 0 Å². The number of hydrogen-bond acceptors (Lipinski definition) is 2. The van der Waals surface area contributed by atoms with Crippen molar-refractivity contribution in [3.8, 4) is 11.3 Å². The molecule has 2 heterocycles. The highest BCUT2D eigenvalue weighted by molar-refractivity contribution is 5.58. The number of aromatic nitrogens is 1. The van der Waals surface area contributed by atoms with Crippen molar-refractivity contribution in [1.29, 1.82) is 0 Å². The van der Waals surface area contributed by atoms with Crippen molar-refractivity contribution in [2.24, 2.45) is 0 Å². The Morgan fingerprint density at radius 3 is 2.69 bits per heavy atom. The first-order valence-corrected chi connectivity index (χ1v) is 4.40. The average molecular weight is 175 g/mol. The molecule has 2 aliphatic rings. The molecule has 0 spiro atoms. The summed E-state index contributed by atoms with van der Waals surface area (Å²) in [5, 5.41) is 0. The zero-order valence-electron chi connectivity index (χ0n) is 8.16. The Balaban J connectivity index is 2.56. The lowest BCUT2D eigenvalue weighted by Gasteiger charge is -2.18. The third-order valence-corrected chi connectivity index (χ3v) is 2.18. The van der Waals surface area contributed by atoms with E-state index in [1.807, 2.05) is 12.5 Å². The zero-order chi connectivity index (χ0) is 9.47. The van der Waals surface area contributed by atoms with Crippen LogP contribution in [0.5, 0.6) is 0 Å². The maximum Gasteiger partial charge on any atom is 0.153 e. The molecule has 2 rings (SSSR count). The molecule has 0 N–H and O–H groups in total. The van der Waals surface area contributed by atoms with Gasteiger partial charge in [-0.2, -0.15) is 0 Å². The van der Waals surface area contributed by atoms with E-state index in [1.54, 1.807) is 6.20 Å². The van der Waals surface area contributed by atoms with E-state index < -0.39 is 0 Å². The molecule has 0 fully saturated rings. The second kappa shape index (κ2) is 2.59.